The number of rotatable bonds is 6. The molecule has 0 aromatic carbocycles. The molecule has 162 valence electrons. The van der Waals surface area contributed by atoms with E-state index in [1.54, 1.807) is 0 Å². The molecule has 29 heavy (non-hydrogen) atoms. The van der Waals surface area contributed by atoms with Crippen LogP contribution in [0, 0.1) is 5.92 Å². The molecule has 1 amide bonds. The molecule has 3 aliphatic rings. The maximum atomic E-state index is 13.2. The van der Waals surface area contributed by atoms with Gasteiger partial charge in [0, 0.05) is 43.5 Å². The van der Waals surface area contributed by atoms with Crippen molar-refractivity contribution in [2.24, 2.45) is 5.92 Å². The number of amides is 1. The number of hydrogen-bond acceptors (Lipinski definition) is 4. The highest BCUT2D eigenvalue weighted by Gasteiger charge is 2.34. The number of hydrogen-bond donors (Lipinski definition) is 2. The average molecular weight is 403 g/mol. The largest absolute Gasteiger partial charge is 0.389 e. The zero-order valence-corrected chi connectivity index (χ0v) is 18.3. The molecule has 1 saturated heterocycles. The Morgan fingerprint density at radius 2 is 1.93 bits per heavy atom. The molecule has 6 nitrogen and oxygen atoms in total. The van der Waals surface area contributed by atoms with Gasteiger partial charge in [0.05, 0.1) is 5.60 Å². The lowest BCUT2D eigenvalue weighted by atomic mass is 9.84. The summed E-state index contributed by atoms with van der Waals surface area (Å²) < 4.78 is 2.11. The summed E-state index contributed by atoms with van der Waals surface area (Å²) in [7, 11) is 0. The van der Waals surface area contributed by atoms with Crippen molar-refractivity contribution in [2.75, 3.05) is 19.6 Å². The maximum absolute atomic E-state index is 13.2. The van der Waals surface area contributed by atoms with Crippen LogP contribution in [-0.4, -0.2) is 57.0 Å². The van der Waals surface area contributed by atoms with Crippen molar-refractivity contribution < 1.29 is 9.90 Å². The first-order valence-corrected chi connectivity index (χ1v) is 11.8. The molecule has 2 aliphatic carbocycles. The summed E-state index contributed by atoms with van der Waals surface area (Å²) in [5.41, 5.74) is 2.55. The Balaban J connectivity index is 1.50. The van der Waals surface area contributed by atoms with Crippen molar-refractivity contribution in [1.82, 2.24) is 20.0 Å². The Bertz CT molecular complexity index is 715. The van der Waals surface area contributed by atoms with Crippen LogP contribution in [0.1, 0.15) is 87.0 Å². The van der Waals surface area contributed by atoms with Gasteiger partial charge in [-0.1, -0.05) is 33.1 Å². The summed E-state index contributed by atoms with van der Waals surface area (Å²) in [6.07, 6.45) is 10.4. The molecular weight excluding hydrogens is 364 g/mol. The van der Waals surface area contributed by atoms with Crippen molar-refractivity contribution in [3.05, 3.63) is 17.0 Å². The number of carbonyl (C=O) groups excluding carboxylic acids is 1. The van der Waals surface area contributed by atoms with Gasteiger partial charge < -0.3 is 15.3 Å². The molecule has 2 N–H and O–H groups in total. The number of nitrogens with one attached hydrogen (secondary N) is 1. The standard InChI is InChI=1S/C23H38N4O2/c1-17(2)15-27-20-9-8-18(24-16-23(29)10-4-3-5-11-23)14-19(20)21(25-27)22(28)26-12-6-7-13-26/h17-18,24,29H,3-16H2,1-2H3/t18-/m0/s1. The summed E-state index contributed by atoms with van der Waals surface area (Å²) in [4.78, 5) is 15.1. The third-order valence-electron chi connectivity index (χ3n) is 6.98. The molecule has 0 unspecified atom stereocenters. The van der Waals surface area contributed by atoms with Crippen LogP contribution in [-0.2, 0) is 19.4 Å². The summed E-state index contributed by atoms with van der Waals surface area (Å²) >= 11 is 0. The molecule has 1 aromatic rings. The van der Waals surface area contributed by atoms with Gasteiger partial charge in [-0.25, -0.2) is 0 Å². The number of carbonyl (C=O) groups is 1. The highest BCUT2D eigenvalue weighted by atomic mass is 16.3. The van der Waals surface area contributed by atoms with E-state index in [0.29, 0.717) is 24.2 Å². The second-order valence-electron chi connectivity index (χ2n) is 9.95. The van der Waals surface area contributed by atoms with Gasteiger partial charge in [0.15, 0.2) is 5.69 Å². The van der Waals surface area contributed by atoms with Crippen LogP contribution in [0.25, 0.3) is 0 Å². The fourth-order valence-corrected chi connectivity index (χ4v) is 5.32. The topological polar surface area (TPSA) is 70.4 Å². The molecule has 1 saturated carbocycles. The summed E-state index contributed by atoms with van der Waals surface area (Å²) in [5, 5.41) is 19.3. The number of aromatic nitrogens is 2. The molecule has 4 rings (SSSR count). The van der Waals surface area contributed by atoms with Gasteiger partial charge in [-0.05, 0) is 50.9 Å². The van der Waals surface area contributed by atoms with E-state index in [0.717, 1.165) is 83.0 Å². The molecule has 0 radical (unpaired) electrons. The van der Waals surface area contributed by atoms with Gasteiger partial charge in [-0.2, -0.15) is 5.10 Å². The number of nitrogens with zero attached hydrogens (tertiary/aromatic N) is 3. The van der Waals surface area contributed by atoms with Crippen molar-refractivity contribution in [1.29, 1.82) is 0 Å². The molecule has 0 bridgehead atoms. The van der Waals surface area contributed by atoms with E-state index in [2.05, 4.69) is 23.8 Å². The minimum Gasteiger partial charge on any atom is -0.389 e. The second-order valence-corrected chi connectivity index (χ2v) is 9.95. The highest BCUT2D eigenvalue weighted by molar-refractivity contribution is 5.94. The molecule has 1 atom stereocenters. The Hall–Kier alpha value is -1.40. The first-order valence-electron chi connectivity index (χ1n) is 11.8. The molecule has 1 aromatic heterocycles. The van der Waals surface area contributed by atoms with E-state index in [1.807, 2.05) is 4.90 Å². The monoisotopic (exact) mass is 402 g/mol. The van der Waals surface area contributed by atoms with Crippen LogP contribution in [0.3, 0.4) is 0 Å². The van der Waals surface area contributed by atoms with E-state index < -0.39 is 5.60 Å². The fourth-order valence-electron chi connectivity index (χ4n) is 5.32. The van der Waals surface area contributed by atoms with Crippen molar-refractivity contribution >= 4 is 5.91 Å². The predicted molar refractivity (Wildman–Crippen MR) is 114 cm³/mol. The fraction of sp³-hybridized carbons (Fsp3) is 0.826. The Morgan fingerprint density at radius 3 is 2.62 bits per heavy atom. The zero-order valence-electron chi connectivity index (χ0n) is 18.3. The smallest absolute Gasteiger partial charge is 0.274 e. The number of fused-ring (bicyclic) bond motifs is 1. The van der Waals surface area contributed by atoms with Gasteiger partial charge in [-0.15, -0.1) is 0 Å². The first kappa shape index (κ1) is 20.9. The predicted octanol–water partition coefficient (Wildman–Crippen LogP) is 2.92. The average Bonchev–Trinajstić information content (AvgIpc) is 3.35. The number of aliphatic hydroxyl groups is 1. The first-order chi connectivity index (χ1) is 14.0. The Labute approximate surface area is 175 Å². The van der Waals surface area contributed by atoms with Crippen LogP contribution < -0.4 is 5.32 Å². The quantitative estimate of drug-likeness (QED) is 0.768. The van der Waals surface area contributed by atoms with Crippen LogP contribution in [0.2, 0.25) is 0 Å². The Kier molecular flexibility index (Phi) is 6.30. The minimum absolute atomic E-state index is 0.118. The lowest BCUT2D eigenvalue weighted by Crippen LogP contribution is -2.47. The van der Waals surface area contributed by atoms with E-state index in [4.69, 9.17) is 5.10 Å². The third-order valence-corrected chi connectivity index (χ3v) is 6.98. The summed E-state index contributed by atoms with van der Waals surface area (Å²) in [6, 6.07) is 0.315. The second kappa shape index (κ2) is 8.76. The Morgan fingerprint density at radius 1 is 1.21 bits per heavy atom. The molecule has 0 spiro atoms. The van der Waals surface area contributed by atoms with Crippen LogP contribution >= 0.6 is 0 Å². The SMILES string of the molecule is CC(C)Cn1nc(C(=O)N2CCCC2)c2c1CC[C@H](NCC1(O)CCCCC1)C2. The lowest BCUT2D eigenvalue weighted by molar-refractivity contribution is 0.00227. The van der Waals surface area contributed by atoms with Gasteiger partial charge in [0.1, 0.15) is 0 Å². The summed E-state index contributed by atoms with van der Waals surface area (Å²) in [6.45, 7) is 7.66. The van der Waals surface area contributed by atoms with E-state index >= 15 is 0 Å². The van der Waals surface area contributed by atoms with E-state index in [-0.39, 0.29) is 5.91 Å². The minimum atomic E-state index is -0.547. The molecular formula is C23H38N4O2. The normalized spacial score (nSPS) is 24.1. The van der Waals surface area contributed by atoms with Gasteiger partial charge in [0.25, 0.3) is 5.91 Å². The van der Waals surface area contributed by atoms with E-state index in [1.165, 1.54) is 12.1 Å². The van der Waals surface area contributed by atoms with Gasteiger partial charge in [0.2, 0.25) is 0 Å². The lowest BCUT2D eigenvalue weighted by Gasteiger charge is -2.35. The van der Waals surface area contributed by atoms with Crippen molar-refractivity contribution in [3.8, 4) is 0 Å². The zero-order chi connectivity index (χ0) is 20.4. The van der Waals surface area contributed by atoms with Crippen LogP contribution in [0.4, 0.5) is 0 Å². The highest BCUT2D eigenvalue weighted by Crippen LogP contribution is 2.30. The maximum Gasteiger partial charge on any atom is 0.274 e. The molecule has 2 fully saturated rings. The molecule has 6 heteroatoms. The van der Waals surface area contributed by atoms with Gasteiger partial charge in [-0.3, -0.25) is 9.48 Å². The molecule has 2 heterocycles. The van der Waals surface area contributed by atoms with Crippen molar-refractivity contribution in [2.45, 2.75) is 96.2 Å². The van der Waals surface area contributed by atoms with Crippen molar-refractivity contribution in [3.63, 3.8) is 0 Å². The van der Waals surface area contributed by atoms with E-state index in [9.17, 15) is 9.90 Å². The van der Waals surface area contributed by atoms with Crippen LogP contribution in [0.15, 0.2) is 0 Å². The third kappa shape index (κ3) is 4.69. The van der Waals surface area contributed by atoms with Gasteiger partial charge >= 0.3 is 0 Å². The number of likely N-dealkylation sites (tertiary alicyclic amines) is 1. The summed E-state index contributed by atoms with van der Waals surface area (Å²) in [5.74, 6) is 0.623. The van der Waals surface area contributed by atoms with Crippen LogP contribution in [0.5, 0.6) is 0 Å². The molecule has 1 aliphatic heterocycles.